The van der Waals surface area contributed by atoms with Gasteiger partial charge in [0.25, 0.3) is 0 Å². The maximum atomic E-state index is 10.9. The number of esters is 1. The molecule has 0 fully saturated rings. The minimum absolute atomic E-state index is 0.218. The monoisotopic (exact) mass is 302 g/mol. The first-order valence-electron chi connectivity index (χ1n) is 8.57. The second-order valence-electron chi connectivity index (χ2n) is 5.89. The van der Waals surface area contributed by atoms with Gasteiger partial charge in [0, 0.05) is 6.92 Å². The highest BCUT2D eigenvalue weighted by molar-refractivity contribution is 5.66. The predicted octanol–water partition coefficient (Wildman–Crippen LogP) is 5.56. The van der Waals surface area contributed by atoms with Crippen molar-refractivity contribution in [3.8, 4) is 0 Å². The van der Waals surface area contributed by atoms with Crippen molar-refractivity contribution in [2.24, 2.45) is 0 Å². The predicted molar refractivity (Wildman–Crippen MR) is 93.8 cm³/mol. The molecule has 2 nitrogen and oxygen atoms in total. The van der Waals surface area contributed by atoms with Crippen LogP contribution < -0.4 is 0 Å². The fourth-order valence-electron chi connectivity index (χ4n) is 2.47. The summed E-state index contributed by atoms with van der Waals surface area (Å²) < 4.78 is 5.12. The lowest BCUT2D eigenvalue weighted by Crippen LogP contribution is -2.03. The van der Waals surface area contributed by atoms with E-state index in [9.17, 15) is 4.79 Å². The Balaban J connectivity index is 2.58. The van der Waals surface area contributed by atoms with Gasteiger partial charge in [0.2, 0.25) is 0 Å². The highest BCUT2D eigenvalue weighted by Crippen LogP contribution is 2.15. The highest BCUT2D eigenvalue weighted by Gasteiger charge is 2.01. The Bertz CT molecular complexity index is 457. The molecule has 0 unspecified atom stereocenters. The van der Waals surface area contributed by atoms with E-state index in [1.54, 1.807) is 0 Å². The molecule has 0 aromatic heterocycles. The van der Waals surface area contributed by atoms with E-state index in [-0.39, 0.29) is 5.97 Å². The molecule has 1 aromatic carbocycles. The number of benzene rings is 1. The first-order chi connectivity index (χ1) is 10.7. The third-order valence-electron chi connectivity index (χ3n) is 3.70. The van der Waals surface area contributed by atoms with Gasteiger partial charge in [-0.3, -0.25) is 4.79 Å². The van der Waals surface area contributed by atoms with E-state index in [1.165, 1.54) is 55.7 Å². The van der Waals surface area contributed by atoms with E-state index < -0.39 is 0 Å². The Kier molecular flexibility index (Phi) is 9.29. The maximum Gasteiger partial charge on any atom is 0.302 e. The lowest BCUT2D eigenvalue weighted by molar-refractivity contribution is -0.140. The lowest BCUT2D eigenvalue weighted by atomic mass is 10.0. The molecule has 0 spiro atoms. The van der Waals surface area contributed by atoms with E-state index >= 15 is 0 Å². The molecule has 0 aliphatic rings. The zero-order chi connectivity index (χ0) is 16.2. The fraction of sp³-hybridized carbons (Fsp3) is 0.550. The summed E-state index contributed by atoms with van der Waals surface area (Å²) >= 11 is 0. The van der Waals surface area contributed by atoms with Gasteiger partial charge in [-0.15, -0.1) is 0 Å². The van der Waals surface area contributed by atoms with Gasteiger partial charge in [-0.05, 0) is 36.0 Å². The largest absolute Gasteiger partial charge is 0.461 e. The number of hydrogen-bond donors (Lipinski definition) is 0. The first-order valence-corrected chi connectivity index (χ1v) is 8.57. The van der Waals surface area contributed by atoms with E-state index in [2.05, 4.69) is 44.2 Å². The molecule has 2 heteroatoms. The maximum absolute atomic E-state index is 10.9. The van der Waals surface area contributed by atoms with Gasteiger partial charge in [-0.2, -0.15) is 0 Å². The van der Waals surface area contributed by atoms with Crippen molar-refractivity contribution in [1.29, 1.82) is 0 Å². The second kappa shape index (κ2) is 11.1. The molecule has 0 atom stereocenters. The summed E-state index contributed by atoms with van der Waals surface area (Å²) in [6.45, 7) is 6.24. The average molecular weight is 302 g/mol. The molecule has 0 aliphatic carbocycles. The molecule has 122 valence electrons. The number of carbonyl (C=O) groups excluding carboxylic acids is 1. The van der Waals surface area contributed by atoms with Crippen LogP contribution >= 0.6 is 0 Å². The summed E-state index contributed by atoms with van der Waals surface area (Å²) in [4.78, 5) is 10.9. The second-order valence-corrected chi connectivity index (χ2v) is 5.89. The average Bonchev–Trinajstić information content (AvgIpc) is 2.51. The highest BCUT2D eigenvalue weighted by atomic mass is 16.5. The number of aryl methyl sites for hydroxylation is 1. The molecule has 0 radical (unpaired) electrons. The minimum atomic E-state index is -0.218. The first kappa shape index (κ1) is 18.5. The van der Waals surface area contributed by atoms with Gasteiger partial charge in [0.15, 0.2) is 0 Å². The lowest BCUT2D eigenvalue weighted by Gasteiger charge is -2.07. The quantitative estimate of drug-likeness (QED) is 0.418. The van der Waals surface area contributed by atoms with Crippen molar-refractivity contribution in [2.45, 2.75) is 65.7 Å². The minimum Gasteiger partial charge on any atom is -0.461 e. The molecule has 0 saturated carbocycles. The molecule has 0 saturated heterocycles. The normalized spacial score (nSPS) is 11.5. The Morgan fingerprint density at radius 2 is 1.77 bits per heavy atom. The van der Waals surface area contributed by atoms with Gasteiger partial charge in [0.05, 0.1) is 0 Å². The Morgan fingerprint density at radius 3 is 2.36 bits per heavy atom. The smallest absolute Gasteiger partial charge is 0.302 e. The van der Waals surface area contributed by atoms with Gasteiger partial charge in [0.1, 0.15) is 6.61 Å². The van der Waals surface area contributed by atoms with E-state index in [4.69, 9.17) is 4.74 Å². The van der Waals surface area contributed by atoms with Crippen LogP contribution in [0.2, 0.25) is 0 Å². The van der Waals surface area contributed by atoms with Crippen LogP contribution in [0.1, 0.15) is 70.4 Å². The summed E-state index contributed by atoms with van der Waals surface area (Å²) in [5.41, 5.74) is 3.77. The van der Waals surface area contributed by atoms with Crippen LogP contribution in [0.4, 0.5) is 0 Å². The van der Waals surface area contributed by atoms with Crippen LogP contribution in [0.5, 0.6) is 0 Å². The number of carbonyl (C=O) groups is 1. The molecule has 0 bridgehead atoms. The van der Waals surface area contributed by atoms with Crippen molar-refractivity contribution in [1.82, 2.24) is 0 Å². The Morgan fingerprint density at radius 1 is 1.05 bits per heavy atom. The summed E-state index contributed by atoms with van der Waals surface area (Å²) in [7, 11) is 0. The van der Waals surface area contributed by atoms with Gasteiger partial charge < -0.3 is 4.74 Å². The van der Waals surface area contributed by atoms with Crippen LogP contribution in [0.25, 0.3) is 6.08 Å². The molecule has 0 amide bonds. The van der Waals surface area contributed by atoms with Crippen LogP contribution in [0, 0.1) is 0 Å². The molecular formula is C20H30O2. The van der Waals surface area contributed by atoms with Gasteiger partial charge in [-0.1, -0.05) is 69.9 Å². The van der Waals surface area contributed by atoms with Crippen LogP contribution in [-0.4, -0.2) is 12.6 Å². The summed E-state index contributed by atoms with van der Waals surface area (Å²) in [5.74, 6) is -0.218. The number of unbranched alkanes of at least 4 members (excludes halogenated alkanes) is 3. The van der Waals surface area contributed by atoms with Crippen molar-refractivity contribution >= 4 is 12.0 Å². The fourth-order valence-corrected chi connectivity index (χ4v) is 2.47. The third kappa shape index (κ3) is 8.02. The molecule has 1 aromatic rings. The molecule has 0 aliphatic heterocycles. The molecule has 1 rings (SSSR count). The summed E-state index contributed by atoms with van der Waals surface area (Å²) in [6, 6.07) is 8.76. The van der Waals surface area contributed by atoms with Crippen molar-refractivity contribution in [2.75, 3.05) is 6.61 Å². The van der Waals surface area contributed by atoms with Crippen LogP contribution in [0.15, 0.2) is 29.8 Å². The van der Waals surface area contributed by atoms with E-state index in [0.717, 1.165) is 12.8 Å². The Labute approximate surface area is 135 Å². The zero-order valence-electron chi connectivity index (χ0n) is 14.4. The molecule has 0 heterocycles. The van der Waals surface area contributed by atoms with Crippen LogP contribution in [0.3, 0.4) is 0 Å². The zero-order valence-corrected chi connectivity index (χ0v) is 14.4. The number of ether oxygens (including phenoxy) is 1. The summed E-state index contributed by atoms with van der Waals surface area (Å²) in [6.07, 6.45) is 10.5. The molecular weight excluding hydrogens is 272 g/mol. The van der Waals surface area contributed by atoms with Crippen molar-refractivity contribution in [3.63, 3.8) is 0 Å². The summed E-state index contributed by atoms with van der Waals surface area (Å²) in [5, 5.41) is 0. The SMILES string of the molecule is CCCCCCc1ccc(C=C(CCC)COC(C)=O)cc1. The number of rotatable bonds is 10. The number of hydrogen-bond acceptors (Lipinski definition) is 2. The van der Waals surface area contributed by atoms with E-state index in [0.29, 0.717) is 6.61 Å². The third-order valence-corrected chi connectivity index (χ3v) is 3.70. The topological polar surface area (TPSA) is 26.3 Å². The van der Waals surface area contributed by atoms with Gasteiger partial charge in [-0.25, -0.2) is 0 Å². The van der Waals surface area contributed by atoms with Crippen LogP contribution in [-0.2, 0) is 16.0 Å². The molecule has 22 heavy (non-hydrogen) atoms. The van der Waals surface area contributed by atoms with E-state index in [1.807, 2.05) is 0 Å². The van der Waals surface area contributed by atoms with Crippen molar-refractivity contribution in [3.05, 3.63) is 41.0 Å². The van der Waals surface area contributed by atoms with Crippen molar-refractivity contribution < 1.29 is 9.53 Å². The standard InChI is InChI=1S/C20H30O2/c1-4-6-7-8-10-18-11-13-19(14-12-18)15-20(9-5-2)16-22-17(3)21/h11-15H,4-10,16H2,1-3H3. The Hall–Kier alpha value is -1.57. The van der Waals surface area contributed by atoms with Gasteiger partial charge >= 0.3 is 5.97 Å². The molecule has 0 N–H and O–H groups in total.